The van der Waals surface area contributed by atoms with E-state index in [4.69, 9.17) is 4.74 Å². The zero-order valence-corrected chi connectivity index (χ0v) is 12.0. The molecule has 1 N–H and O–H groups in total. The van der Waals surface area contributed by atoms with E-state index in [2.05, 4.69) is 29.0 Å². The molecule has 0 aromatic carbocycles. The lowest BCUT2D eigenvalue weighted by atomic mass is 10.1. The first kappa shape index (κ1) is 14.3. The van der Waals surface area contributed by atoms with Gasteiger partial charge in [-0.15, -0.1) is 0 Å². The molecule has 0 amide bonds. The number of piperazine rings is 1. The molecule has 2 heterocycles. The van der Waals surface area contributed by atoms with Crippen LogP contribution in [0.5, 0.6) is 0 Å². The summed E-state index contributed by atoms with van der Waals surface area (Å²) in [5.41, 5.74) is 0. The second-order valence-corrected chi connectivity index (χ2v) is 5.79. The Morgan fingerprint density at radius 2 is 1.78 bits per heavy atom. The predicted octanol–water partition coefficient (Wildman–Crippen LogP) is 0.781. The first-order valence-electron chi connectivity index (χ1n) is 7.54. The third-order valence-corrected chi connectivity index (χ3v) is 4.18. The lowest BCUT2D eigenvalue weighted by Gasteiger charge is -2.37. The first-order valence-corrected chi connectivity index (χ1v) is 7.54. The third kappa shape index (κ3) is 4.50. The number of nitrogens with zero attached hydrogens (tertiary/aromatic N) is 2. The van der Waals surface area contributed by atoms with Crippen molar-refractivity contribution in [3.8, 4) is 0 Å². The van der Waals surface area contributed by atoms with Crippen LogP contribution in [0.2, 0.25) is 0 Å². The molecule has 0 saturated carbocycles. The van der Waals surface area contributed by atoms with E-state index in [1.54, 1.807) is 0 Å². The fourth-order valence-electron chi connectivity index (χ4n) is 2.81. The Labute approximate surface area is 112 Å². The fourth-order valence-corrected chi connectivity index (χ4v) is 2.81. The second kappa shape index (κ2) is 7.43. The summed E-state index contributed by atoms with van der Waals surface area (Å²) >= 11 is 0. The van der Waals surface area contributed by atoms with Gasteiger partial charge in [0.05, 0.1) is 12.7 Å². The van der Waals surface area contributed by atoms with E-state index in [1.807, 2.05) is 0 Å². The molecule has 2 rings (SSSR count). The Hall–Kier alpha value is -0.160. The Morgan fingerprint density at radius 3 is 2.39 bits per heavy atom. The van der Waals surface area contributed by atoms with Crippen molar-refractivity contribution in [1.82, 2.24) is 15.1 Å². The summed E-state index contributed by atoms with van der Waals surface area (Å²) in [6, 6.07) is 0.693. The summed E-state index contributed by atoms with van der Waals surface area (Å²) in [5.74, 6) is 0. The van der Waals surface area contributed by atoms with Crippen LogP contribution in [-0.2, 0) is 4.74 Å². The molecule has 106 valence electrons. The monoisotopic (exact) mass is 255 g/mol. The van der Waals surface area contributed by atoms with Crippen molar-refractivity contribution in [2.24, 2.45) is 0 Å². The van der Waals surface area contributed by atoms with Crippen LogP contribution in [0, 0.1) is 0 Å². The number of rotatable bonds is 5. The van der Waals surface area contributed by atoms with Crippen molar-refractivity contribution in [2.75, 3.05) is 52.4 Å². The maximum Gasteiger partial charge on any atom is 0.0600 e. The van der Waals surface area contributed by atoms with Gasteiger partial charge in [-0.05, 0) is 39.8 Å². The van der Waals surface area contributed by atoms with Gasteiger partial charge in [-0.1, -0.05) is 0 Å². The normalized spacial score (nSPS) is 24.8. The van der Waals surface area contributed by atoms with Gasteiger partial charge in [-0.2, -0.15) is 0 Å². The average molecular weight is 255 g/mol. The summed E-state index contributed by atoms with van der Waals surface area (Å²) in [6.45, 7) is 13.7. The summed E-state index contributed by atoms with van der Waals surface area (Å²) in [5, 5.41) is 3.37. The first-order chi connectivity index (χ1) is 8.75. The minimum Gasteiger partial charge on any atom is -0.377 e. The van der Waals surface area contributed by atoms with Gasteiger partial charge in [-0.3, -0.25) is 9.80 Å². The molecule has 0 aliphatic carbocycles. The molecule has 2 saturated heterocycles. The molecule has 0 bridgehead atoms. The zero-order chi connectivity index (χ0) is 12.8. The molecule has 0 spiro atoms. The topological polar surface area (TPSA) is 27.7 Å². The summed E-state index contributed by atoms with van der Waals surface area (Å²) < 4.78 is 5.96. The SMILES string of the molecule is CC(C)N1CCN(CCOC2CCNCC2)CC1. The highest BCUT2D eigenvalue weighted by molar-refractivity contribution is 4.74. The van der Waals surface area contributed by atoms with Crippen molar-refractivity contribution < 1.29 is 4.74 Å². The molecule has 2 aliphatic heterocycles. The Morgan fingerprint density at radius 1 is 1.11 bits per heavy atom. The Kier molecular flexibility index (Phi) is 5.89. The van der Waals surface area contributed by atoms with Gasteiger partial charge in [0.15, 0.2) is 0 Å². The molecule has 0 aromatic heterocycles. The van der Waals surface area contributed by atoms with E-state index in [0.29, 0.717) is 12.1 Å². The second-order valence-electron chi connectivity index (χ2n) is 5.79. The van der Waals surface area contributed by atoms with Gasteiger partial charge in [0.25, 0.3) is 0 Å². The molecule has 0 atom stereocenters. The van der Waals surface area contributed by atoms with Gasteiger partial charge in [0.2, 0.25) is 0 Å². The average Bonchev–Trinajstić information content (AvgIpc) is 2.40. The number of nitrogens with one attached hydrogen (secondary N) is 1. The highest BCUT2D eigenvalue weighted by Crippen LogP contribution is 2.08. The summed E-state index contributed by atoms with van der Waals surface area (Å²) in [4.78, 5) is 5.10. The van der Waals surface area contributed by atoms with E-state index in [0.717, 1.165) is 26.2 Å². The van der Waals surface area contributed by atoms with Gasteiger partial charge in [0, 0.05) is 38.8 Å². The van der Waals surface area contributed by atoms with Crippen molar-refractivity contribution in [3.63, 3.8) is 0 Å². The standard InChI is InChI=1S/C14H29N3O/c1-13(2)17-9-7-16(8-10-17)11-12-18-14-3-5-15-6-4-14/h13-15H,3-12H2,1-2H3. The Bertz CT molecular complexity index is 221. The minimum absolute atomic E-state index is 0.503. The lowest BCUT2D eigenvalue weighted by Crippen LogP contribution is -2.49. The molecular weight excluding hydrogens is 226 g/mol. The van der Waals surface area contributed by atoms with Crippen molar-refractivity contribution in [2.45, 2.75) is 38.8 Å². The highest BCUT2D eigenvalue weighted by Gasteiger charge is 2.19. The molecule has 0 radical (unpaired) electrons. The van der Waals surface area contributed by atoms with E-state index in [1.165, 1.54) is 39.0 Å². The van der Waals surface area contributed by atoms with Crippen LogP contribution in [0.1, 0.15) is 26.7 Å². The van der Waals surface area contributed by atoms with E-state index < -0.39 is 0 Å². The van der Waals surface area contributed by atoms with Crippen molar-refractivity contribution in [3.05, 3.63) is 0 Å². The van der Waals surface area contributed by atoms with Crippen LogP contribution in [0.3, 0.4) is 0 Å². The molecule has 2 fully saturated rings. The number of piperidine rings is 1. The van der Waals surface area contributed by atoms with E-state index >= 15 is 0 Å². The molecule has 0 aromatic rings. The molecule has 4 heteroatoms. The predicted molar refractivity (Wildman–Crippen MR) is 75.0 cm³/mol. The third-order valence-electron chi connectivity index (χ3n) is 4.18. The molecule has 2 aliphatic rings. The molecule has 0 unspecified atom stereocenters. The van der Waals surface area contributed by atoms with E-state index in [9.17, 15) is 0 Å². The van der Waals surface area contributed by atoms with Crippen LogP contribution < -0.4 is 5.32 Å². The maximum absolute atomic E-state index is 5.96. The van der Waals surface area contributed by atoms with E-state index in [-0.39, 0.29) is 0 Å². The van der Waals surface area contributed by atoms with Crippen LogP contribution in [0.15, 0.2) is 0 Å². The maximum atomic E-state index is 5.96. The van der Waals surface area contributed by atoms with Gasteiger partial charge < -0.3 is 10.1 Å². The largest absolute Gasteiger partial charge is 0.377 e. The number of hydrogen-bond donors (Lipinski definition) is 1. The quantitative estimate of drug-likeness (QED) is 0.786. The van der Waals surface area contributed by atoms with Crippen LogP contribution in [-0.4, -0.2) is 74.4 Å². The van der Waals surface area contributed by atoms with Crippen molar-refractivity contribution in [1.29, 1.82) is 0 Å². The lowest BCUT2D eigenvalue weighted by molar-refractivity contribution is 0.0108. The summed E-state index contributed by atoms with van der Waals surface area (Å²) in [7, 11) is 0. The molecule has 18 heavy (non-hydrogen) atoms. The Balaban J connectivity index is 1.55. The van der Waals surface area contributed by atoms with Gasteiger partial charge in [0.1, 0.15) is 0 Å². The molecular formula is C14H29N3O. The van der Waals surface area contributed by atoms with Crippen LogP contribution in [0.4, 0.5) is 0 Å². The summed E-state index contributed by atoms with van der Waals surface area (Å²) in [6.07, 6.45) is 2.87. The minimum atomic E-state index is 0.503. The van der Waals surface area contributed by atoms with Gasteiger partial charge in [-0.25, -0.2) is 0 Å². The van der Waals surface area contributed by atoms with Gasteiger partial charge >= 0.3 is 0 Å². The smallest absolute Gasteiger partial charge is 0.0600 e. The van der Waals surface area contributed by atoms with Crippen molar-refractivity contribution >= 4 is 0 Å². The van der Waals surface area contributed by atoms with Crippen LogP contribution in [0.25, 0.3) is 0 Å². The highest BCUT2D eigenvalue weighted by atomic mass is 16.5. The zero-order valence-electron chi connectivity index (χ0n) is 12.0. The number of hydrogen-bond acceptors (Lipinski definition) is 4. The molecule has 4 nitrogen and oxygen atoms in total. The number of ether oxygens (including phenoxy) is 1. The van der Waals surface area contributed by atoms with Crippen LogP contribution >= 0.6 is 0 Å². The fraction of sp³-hybridized carbons (Fsp3) is 1.00.